The van der Waals surface area contributed by atoms with Crippen LogP contribution in [0, 0.1) is 12.8 Å². The largest absolute Gasteiger partial charge is 0.362 e. The number of hydrogen-bond donors (Lipinski definition) is 2. The van der Waals surface area contributed by atoms with E-state index in [0.717, 1.165) is 46.5 Å². The summed E-state index contributed by atoms with van der Waals surface area (Å²) in [4.78, 5) is 17.9. The number of nitrogens with one attached hydrogen (secondary N) is 2. The average molecular weight is 372 g/mol. The van der Waals surface area contributed by atoms with Crippen LogP contribution in [-0.4, -0.2) is 27.6 Å². The number of H-pyrrole nitrogens is 1. The molecule has 1 aromatic heterocycles. The molecule has 0 saturated heterocycles. The first-order chi connectivity index (χ1) is 12.4. The fraction of sp³-hybridized carbons (Fsp3) is 0.524. The van der Waals surface area contributed by atoms with E-state index < -0.39 is 0 Å². The zero-order valence-electron chi connectivity index (χ0n) is 16.0. The molecule has 2 N–H and O–H groups in total. The van der Waals surface area contributed by atoms with Gasteiger partial charge in [-0.2, -0.15) is 0 Å². The molecule has 0 radical (unpaired) electrons. The topological polar surface area (TPSA) is 48.1 Å². The van der Waals surface area contributed by atoms with Gasteiger partial charge in [-0.25, -0.2) is 0 Å². The summed E-state index contributed by atoms with van der Waals surface area (Å²) in [7, 11) is 0. The number of hydrogen-bond acceptors (Lipinski definition) is 2. The number of fused-ring (bicyclic) bond motifs is 1. The number of aryl methyl sites for hydroxylation is 1. The molecule has 0 unspecified atom stereocenters. The first-order valence-corrected chi connectivity index (χ1v) is 10.0. The van der Waals surface area contributed by atoms with Gasteiger partial charge in [0, 0.05) is 23.7 Å². The molecule has 1 aliphatic carbocycles. The van der Waals surface area contributed by atoms with Crippen molar-refractivity contribution in [3.05, 3.63) is 45.7 Å². The van der Waals surface area contributed by atoms with Gasteiger partial charge >= 0.3 is 0 Å². The van der Waals surface area contributed by atoms with Crippen molar-refractivity contribution >= 4 is 28.2 Å². The second-order valence-corrected chi connectivity index (χ2v) is 8.25. The van der Waals surface area contributed by atoms with E-state index in [1.54, 1.807) is 0 Å². The van der Waals surface area contributed by atoms with Crippen LogP contribution >= 0.6 is 12.2 Å². The Balaban J connectivity index is 1.87. The smallest absolute Gasteiger partial charge is 0.253 e. The van der Waals surface area contributed by atoms with Crippen LogP contribution in [0.25, 0.3) is 10.9 Å². The van der Waals surface area contributed by atoms with Gasteiger partial charge in [-0.3, -0.25) is 4.79 Å². The molecule has 3 rings (SSSR count). The van der Waals surface area contributed by atoms with E-state index in [-0.39, 0.29) is 5.56 Å². The number of aromatic amines is 1. The minimum atomic E-state index is -0.0160. The van der Waals surface area contributed by atoms with Gasteiger partial charge in [-0.1, -0.05) is 38.8 Å². The van der Waals surface area contributed by atoms with Crippen molar-refractivity contribution in [1.82, 2.24) is 15.2 Å². The van der Waals surface area contributed by atoms with Crippen molar-refractivity contribution in [2.75, 3.05) is 6.54 Å². The van der Waals surface area contributed by atoms with Crippen molar-refractivity contribution in [3.8, 4) is 0 Å². The molecule has 0 atom stereocenters. The highest BCUT2D eigenvalue weighted by Crippen LogP contribution is 2.25. The van der Waals surface area contributed by atoms with Crippen molar-refractivity contribution in [3.63, 3.8) is 0 Å². The molecule has 0 amide bonds. The van der Waals surface area contributed by atoms with Gasteiger partial charge in [0.15, 0.2) is 5.11 Å². The molecular weight excluding hydrogens is 342 g/mol. The van der Waals surface area contributed by atoms with E-state index in [1.807, 2.05) is 19.1 Å². The summed E-state index contributed by atoms with van der Waals surface area (Å²) in [5.74, 6) is 0.533. The fourth-order valence-corrected chi connectivity index (χ4v) is 3.93. The third-order valence-electron chi connectivity index (χ3n) is 5.11. The van der Waals surface area contributed by atoms with Crippen LogP contribution in [0.4, 0.5) is 0 Å². The summed E-state index contributed by atoms with van der Waals surface area (Å²) in [6.07, 6.45) is 4.77. The summed E-state index contributed by atoms with van der Waals surface area (Å²) in [5.41, 5.74) is 2.80. The molecule has 1 heterocycles. The quantitative estimate of drug-likeness (QED) is 0.777. The van der Waals surface area contributed by atoms with Crippen molar-refractivity contribution in [2.24, 2.45) is 5.92 Å². The molecule has 4 nitrogen and oxygen atoms in total. The Morgan fingerprint density at radius 1 is 1.31 bits per heavy atom. The Morgan fingerprint density at radius 2 is 2.04 bits per heavy atom. The highest BCUT2D eigenvalue weighted by Gasteiger charge is 2.25. The molecule has 0 bridgehead atoms. The summed E-state index contributed by atoms with van der Waals surface area (Å²) >= 11 is 5.69. The third-order valence-corrected chi connectivity index (χ3v) is 5.49. The minimum absolute atomic E-state index is 0.0160. The second kappa shape index (κ2) is 8.21. The normalized spacial score (nSPS) is 14.9. The van der Waals surface area contributed by atoms with Crippen LogP contribution in [0.1, 0.15) is 50.7 Å². The lowest BCUT2D eigenvalue weighted by Gasteiger charge is -2.32. The van der Waals surface area contributed by atoms with Crippen LogP contribution in [0.5, 0.6) is 0 Å². The van der Waals surface area contributed by atoms with Gasteiger partial charge in [-0.15, -0.1) is 0 Å². The lowest BCUT2D eigenvalue weighted by atomic mass is 10.1. The van der Waals surface area contributed by atoms with Crippen LogP contribution in [0.2, 0.25) is 0 Å². The van der Waals surface area contributed by atoms with Crippen molar-refractivity contribution in [1.29, 1.82) is 0 Å². The molecule has 26 heavy (non-hydrogen) atoms. The molecule has 5 heteroatoms. The maximum Gasteiger partial charge on any atom is 0.253 e. The van der Waals surface area contributed by atoms with E-state index in [9.17, 15) is 4.79 Å². The molecule has 0 spiro atoms. The van der Waals surface area contributed by atoms with Crippen molar-refractivity contribution in [2.45, 2.75) is 59.0 Å². The second-order valence-electron chi connectivity index (χ2n) is 7.86. The summed E-state index contributed by atoms with van der Waals surface area (Å²) in [6.45, 7) is 7.80. The van der Waals surface area contributed by atoms with Crippen LogP contribution < -0.4 is 10.9 Å². The van der Waals surface area contributed by atoms with Crippen molar-refractivity contribution < 1.29 is 0 Å². The maximum absolute atomic E-state index is 12.6. The monoisotopic (exact) mass is 371 g/mol. The Hall–Kier alpha value is -1.88. The van der Waals surface area contributed by atoms with Gasteiger partial charge in [-0.05, 0) is 61.0 Å². The number of nitrogens with zero attached hydrogens (tertiary/aromatic N) is 1. The Morgan fingerprint density at radius 3 is 2.73 bits per heavy atom. The Kier molecular flexibility index (Phi) is 5.97. The molecule has 140 valence electrons. The van der Waals surface area contributed by atoms with E-state index in [2.05, 4.69) is 41.2 Å². The van der Waals surface area contributed by atoms with Gasteiger partial charge in [0.05, 0.1) is 6.54 Å². The van der Waals surface area contributed by atoms with E-state index in [1.165, 1.54) is 12.8 Å². The van der Waals surface area contributed by atoms with Gasteiger partial charge < -0.3 is 15.2 Å². The lowest BCUT2D eigenvalue weighted by molar-refractivity contribution is 0.301. The standard InChI is InChI=1S/C21H29N3OS/c1-14(2)12-22-21(26)24(18-6-4-5-7-18)13-17-11-16-9-8-15(3)10-19(16)23-20(17)25/h8-11,14,18H,4-7,12-13H2,1-3H3,(H,22,26)(H,23,25). The average Bonchev–Trinajstić information content (AvgIpc) is 3.12. The van der Waals surface area contributed by atoms with Crippen LogP contribution in [-0.2, 0) is 6.54 Å². The zero-order chi connectivity index (χ0) is 18.7. The highest BCUT2D eigenvalue weighted by atomic mass is 32.1. The molecule has 0 aliphatic heterocycles. The molecular formula is C21H29N3OS. The number of aromatic nitrogens is 1. The Labute approximate surface area is 161 Å². The SMILES string of the molecule is Cc1ccc2cc(CN(C(=S)NCC(C)C)C3CCCC3)c(=O)[nH]c2c1. The van der Waals surface area contributed by atoms with E-state index >= 15 is 0 Å². The van der Waals surface area contributed by atoms with Gasteiger partial charge in [0.1, 0.15) is 0 Å². The number of thiocarbonyl (C=S) groups is 1. The fourth-order valence-electron chi connectivity index (χ4n) is 3.64. The first kappa shape index (κ1) is 18.9. The summed E-state index contributed by atoms with van der Waals surface area (Å²) in [6, 6.07) is 8.60. The summed E-state index contributed by atoms with van der Waals surface area (Å²) < 4.78 is 0. The van der Waals surface area contributed by atoms with Crippen LogP contribution in [0.15, 0.2) is 29.1 Å². The predicted molar refractivity (Wildman–Crippen MR) is 113 cm³/mol. The molecule has 1 aromatic carbocycles. The molecule has 2 aromatic rings. The van der Waals surface area contributed by atoms with Crippen LogP contribution in [0.3, 0.4) is 0 Å². The maximum atomic E-state index is 12.6. The molecule has 1 saturated carbocycles. The number of pyridine rings is 1. The van der Waals surface area contributed by atoms with E-state index in [4.69, 9.17) is 12.2 Å². The number of rotatable bonds is 5. The summed E-state index contributed by atoms with van der Waals surface area (Å²) in [5, 5.41) is 5.23. The third kappa shape index (κ3) is 4.44. The highest BCUT2D eigenvalue weighted by molar-refractivity contribution is 7.80. The Bertz CT molecular complexity index is 837. The molecule has 1 fully saturated rings. The zero-order valence-corrected chi connectivity index (χ0v) is 16.8. The lowest BCUT2D eigenvalue weighted by Crippen LogP contribution is -2.46. The van der Waals surface area contributed by atoms with Gasteiger partial charge in [0.2, 0.25) is 0 Å². The molecule has 1 aliphatic rings. The minimum Gasteiger partial charge on any atom is -0.362 e. The first-order valence-electron chi connectivity index (χ1n) is 9.61. The predicted octanol–water partition coefficient (Wildman–Crippen LogP) is 4.11. The number of benzene rings is 1. The van der Waals surface area contributed by atoms with Gasteiger partial charge in [0.25, 0.3) is 5.56 Å². The van der Waals surface area contributed by atoms with E-state index in [0.29, 0.717) is 18.5 Å².